The zero-order valence-electron chi connectivity index (χ0n) is 21.4. The van der Waals surface area contributed by atoms with Crippen molar-refractivity contribution in [2.24, 2.45) is 4.99 Å². The first kappa shape index (κ1) is 23.7. The Labute approximate surface area is 204 Å². The second kappa shape index (κ2) is 10.2. The summed E-state index contributed by atoms with van der Waals surface area (Å²) in [6, 6.07) is 29.1. The fourth-order valence-corrected chi connectivity index (χ4v) is 4.98. The third kappa shape index (κ3) is 4.35. The molecule has 0 saturated heterocycles. The Morgan fingerprint density at radius 3 is 1.79 bits per heavy atom. The number of hydrogen-bond acceptors (Lipinski definition) is 1. The van der Waals surface area contributed by atoms with Crippen molar-refractivity contribution < 1.29 is 0 Å². The van der Waals surface area contributed by atoms with Gasteiger partial charge in [0.05, 0.1) is 11.0 Å². The van der Waals surface area contributed by atoms with Crippen LogP contribution in [-0.4, -0.2) is 0 Å². The quantitative estimate of drug-likeness (QED) is 0.231. The van der Waals surface area contributed by atoms with Gasteiger partial charge in [-0.05, 0) is 82.6 Å². The molecule has 0 unspecified atom stereocenters. The van der Waals surface area contributed by atoms with Crippen molar-refractivity contribution >= 4 is 11.3 Å². The zero-order valence-corrected chi connectivity index (χ0v) is 21.4. The van der Waals surface area contributed by atoms with E-state index in [-0.39, 0.29) is 0 Å². The molecular weight excluding hydrogens is 410 g/mol. The molecule has 0 spiro atoms. The number of rotatable bonds is 0. The summed E-state index contributed by atoms with van der Waals surface area (Å²) in [6.07, 6.45) is 1.95. The van der Waals surface area contributed by atoms with Crippen molar-refractivity contribution in [1.82, 2.24) is 0 Å². The van der Waals surface area contributed by atoms with E-state index in [1.807, 2.05) is 27.7 Å². The van der Waals surface area contributed by atoms with Crippen molar-refractivity contribution in [3.05, 3.63) is 134 Å². The van der Waals surface area contributed by atoms with Gasteiger partial charge in [-0.15, -0.1) is 0 Å². The van der Waals surface area contributed by atoms with E-state index in [1.165, 1.54) is 55.3 Å². The highest BCUT2D eigenvalue weighted by Crippen LogP contribution is 2.35. The van der Waals surface area contributed by atoms with Crippen LogP contribution in [-0.2, 0) is 12.8 Å². The maximum Gasteiger partial charge on any atom is 0.0672 e. The van der Waals surface area contributed by atoms with Crippen molar-refractivity contribution in [2.75, 3.05) is 0 Å². The third-order valence-electron chi connectivity index (χ3n) is 6.42. The Hall–Kier alpha value is -3.45. The lowest BCUT2D eigenvalue weighted by Crippen LogP contribution is -2.22. The largest absolute Gasteiger partial charge is 0.248 e. The maximum absolute atomic E-state index is 4.90. The van der Waals surface area contributed by atoms with Crippen LogP contribution in [0.3, 0.4) is 0 Å². The minimum absolute atomic E-state index is 0.942. The predicted molar refractivity (Wildman–Crippen MR) is 146 cm³/mol. The molecule has 1 aliphatic heterocycles. The van der Waals surface area contributed by atoms with E-state index in [4.69, 9.17) is 4.99 Å². The summed E-state index contributed by atoms with van der Waals surface area (Å²) < 4.78 is 0. The molecule has 0 N–H and O–H groups in total. The Morgan fingerprint density at radius 2 is 1.15 bits per heavy atom. The minimum atomic E-state index is 0.942. The molecule has 0 bridgehead atoms. The molecule has 4 aromatic rings. The van der Waals surface area contributed by atoms with E-state index < -0.39 is 0 Å². The molecule has 1 nitrogen and oxygen atoms in total. The summed E-state index contributed by atoms with van der Waals surface area (Å²) in [7, 11) is 0. The normalized spacial score (nSPS) is 12.4. The molecule has 1 heterocycles. The molecule has 0 amide bonds. The van der Waals surface area contributed by atoms with Gasteiger partial charge in [-0.2, -0.15) is 0 Å². The van der Waals surface area contributed by atoms with Gasteiger partial charge in [0, 0.05) is 6.42 Å². The lowest BCUT2D eigenvalue weighted by atomic mass is 9.80. The monoisotopic (exact) mass is 445 g/mol. The smallest absolute Gasteiger partial charge is 0.0672 e. The van der Waals surface area contributed by atoms with Crippen molar-refractivity contribution in [3.8, 4) is 0 Å². The molecule has 4 aromatic carbocycles. The van der Waals surface area contributed by atoms with Crippen LogP contribution in [0.2, 0.25) is 0 Å². The van der Waals surface area contributed by atoms with Gasteiger partial charge in [0.1, 0.15) is 0 Å². The van der Waals surface area contributed by atoms with E-state index in [1.54, 1.807) is 0 Å². The summed E-state index contributed by atoms with van der Waals surface area (Å²) in [6.45, 7) is 12.4. The first-order valence-electron chi connectivity index (χ1n) is 12.7. The number of para-hydroxylation sites is 1. The van der Waals surface area contributed by atoms with Crippen molar-refractivity contribution in [2.45, 2.75) is 54.4 Å². The van der Waals surface area contributed by atoms with E-state index in [0.717, 1.165) is 23.9 Å². The molecule has 0 radical (unpaired) electrons. The van der Waals surface area contributed by atoms with E-state index in [9.17, 15) is 0 Å². The first-order valence-corrected chi connectivity index (χ1v) is 12.7. The molecule has 0 saturated carbocycles. The predicted octanol–water partition coefficient (Wildman–Crippen LogP) is 7.36. The van der Waals surface area contributed by atoms with Crippen LogP contribution < -0.4 is 10.6 Å². The number of aryl methyl sites for hydroxylation is 2. The molecule has 34 heavy (non-hydrogen) atoms. The summed E-state index contributed by atoms with van der Waals surface area (Å²) in [5, 5.41) is 2.39. The lowest BCUT2D eigenvalue weighted by Gasteiger charge is -2.24. The highest BCUT2D eigenvalue weighted by molar-refractivity contribution is 5.85. The Morgan fingerprint density at radius 1 is 0.559 bits per heavy atom. The molecule has 1 aliphatic carbocycles. The fraction of sp³-hybridized carbons (Fsp3) is 0.242. The SMILES string of the molecule is CC.CC.Cc1ccc2c(c1)Cc1cc(C)ccc1C2=c1ccc2c(c1)Cc1ccccc1N=2. The molecule has 0 aromatic heterocycles. The van der Waals surface area contributed by atoms with Gasteiger partial charge in [-0.1, -0.05) is 99.5 Å². The molecule has 0 fully saturated rings. The van der Waals surface area contributed by atoms with Gasteiger partial charge < -0.3 is 0 Å². The van der Waals surface area contributed by atoms with Crippen LogP contribution in [0, 0.1) is 13.8 Å². The summed E-state index contributed by atoms with van der Waals surface area (Å²) in [5.74, 6) is 0. The highest BCUT2D eigenvalue weighted by Gasteiger charge is 2.21. The minimum Gasteiger partial charge on any atom is -0.248 e. The highest BCUT2D eigenvalue weighted by atomic mass is 14.7. The van der Waals surface area contributed by atoms with Gasteiger partial charge in [0.2, 0.25) is 0 Å². The van der Waals surface area contributed by atoms with E-state index in [2.05, 4.69) is 92.7 Å². The van der Waals surface area contributed by atoms with Crippen LogP contribution in [0.15, 0.2) is 83.9 Å². The van der Waals surface area contributed by atoms with Crippen LogP contribution in [0.4, 0.5) is 5.69 Å². The average Bonchev–Trinajstić information content (AvgIpc) is 2.88. The van der Waals surface area contributed by atoms with Gasteiger partial charge in [-0.3, -0.25) is 0 Å². The second-order valence-corrected chi connectivity index (χ2v) is 8.63. The number of nitrogens with zero attached hydrogens (tertiary/aromatic N) is 1. The number of benzene rings is 4. The van der Waals surface area contributed by atoms with Crippen LogP contribution >= 0.6 is 0 Å². The molecule has 0 atom stereocenters. The number of hydrogen-bond donors (Lipinski definition) is 0. The Kier molecular flexibility index (Phi) is 7.12. The summed E-state index contributed by atoms with van der Waals surface area (Å²) in [4.78, 5) is 4.90. The number of fused-ring (bicyclic) bond motifs is 4. The van der Waals surface area contributed by atoms with Gasteiger partial charge in [0.25, 0.3) is 0 Å². The third-order valence-corrected chi connectivity index (χ3v) is 6.42. The lowest BCUT2D eigenvalue weighted by molar-refractivity contribution is 1.07. The maximum atomic E-state index is 4.90. The Balaban J connectivity index is 0.000000652. The Bertz CT molecular complexity index is 1400. The topological polar surface area (TPSA) is 12.4 Å². The van der Waals surface area contributed by atoms with Crippen LogP contribution in [0.1, 0.15) is 72.2 Å². The standard InChI is InChI=1S/C29H23N.2C2H6/c1-18-7-10-25-22(13-18)17-23-14-19(2)8-11-26(23)29(25)21-9-12-28-24(16-21)15-20-5-3-4-6-27(20)30-28;2*1-2/h3-14,16H,15,17H2,1-2H3;2*1-2H3. The zero-order chi connectivity index (χ0) is 24.2. The van der Waals surface area contributed by atoms with Gasteiger partial charge in [0.15, 0.2) is 0 Å². The van der Waals surface area contributed by atoms with Crippen LogP contribution in [0.5, 0.6) is 0 Å². The van der Waals surface area contributed by atoms with Gasteiger partial charge >= 0.3 is 0 Å². The molecule has 2 aliphatic rings. The van der Waals surface area contributed by atoms with Crippen LogP contribution in [0.25, 0.3) is 5.57 Å². The second-order valence-electron chi connectivity index (χ2n) is 8.63. The van der Waals surface area contributed by atoms with E-state index >= 15 is 0 Å². The van der Waals surface area contributed by atoms with E-state index in [0.29, 0.717) is 0 Å². The molecule has 6 rings (SSSR count). The summed E-state index contributed by atoms with van der Waals surface area (Å²) >= 11 is 0. The first-order chi connectivity index (χ1) is 16.7. The van der Waals surface area contributed by atoms with Gasteiger partial charge in [-0.25, -0.2) is 4.99 Å². The fourth-order valence-electron chi connectivity index (χ4n) is 4.98. The molecular formula is C33H35N. The molecule has 172 valence electrons. The van der Waals surface area contributed by atoms with Crippen molar-refractivity contribution in [3.63, 3.8) is 0 Å². The average molecular weight is 446 g/mol. The summed E-state index contributed by atoms with van der Waals surface area (Å²) in [5.41, 5.74) is 13.3. The molecule has 1 heteroatoms. The van der Waals surface area contributed by atoms with Crippen molar-refractivity contribution in [1.29, 1.82) is 0 Å².